The van der Waals surface area contributed by atoms with Gasteiger partial charge in [-0.1, -0.05) is 0 Å². The summed E-state index contributed by atoms with van der Waals surface area (Å²) in [5.41, 5.74) is 11.1. The molecular formula is C18H17N3O2S2. The third-order valence-corrected chi connectivity index (χ3v) is 5.74. The molecule has 0 aliphatic carbocycles. The molecule has 0 spiro atoms. The Labute approximate surface area is 153 Å². The molecule has 25 heavy (non-hydrogen) atoms. The number of anilines is 1. The van der Waals surface area contributed by atoms with Crippen molar-refractivity contribution in [3.63, 3.8) is 0 Å². The SMILES string of the molecule is COc1ccc(-c2cc(N)c(C(=O)N/N=C\c3sccc3C)s2)cc1. The van der Waals surface area contributed by atoms with Gasteiger partial charge in [-0.2, -0.15) is 5.10 Å². The zero-order chi connectivity index (χ0) is 17.8. The molecular weight excluding hydrogens is 354 g/mol. The number of aryl methyl sites for hydroxylation is 1. The van der Waals surface area contributed by atoms with Gasteiger partial charge in [0.05, 0.1) is 19.0 Å². The minimum Gasteiger partial charge on any atom is -0.497 e. The zero-order valence-electron chi connectivity index (χ0n) is 13.8. The molecule has 0 aliphatic rings. The molecule has 2 aromatic heterocycles. The van der Waals surface area contributed by atoms with E-state index in [1.807, 2.05) is 42.6 Å². The average Bonchev–Trinajstić information content (AvgIpc) is 3.21. The Morgan fingerprint density at radius 3 is 2.68 bits per heavy atom. The molecule has 3 N–H and O–H groups in total. The van der Waals surface area contributed by atoms with Gasteiger partial charge >= 0.3 is 0 Å². The number of thiophene rings is 2. The van der Waals surface area contributed by atoms with E-state index in [0.29, 0.717) is 10.6 Å². The Bertz CT molecular complexity index is 911. The van der Waals surface area contributed by atoms with E-state index in [1.165, 1.54) is 11.3 Å². The first kappa shape index (κ1) is 17.2. The fourth-order valence-corrected chi connectivity index (χ4v) is 3.96. The molecule has 3 rings (SSSR count). The van der Waals surface area contributed by atoms with Gasteiger partial charge in [0.1, 0.15) is 10.6 Å². The molecule has 5 nitrogen and oxygen atoms in total. The average molecular weight is 371 g/mol. The Kier molecular flexibility index (Phi) is 5.16. The summed E-state index contributed by atoms with van der Waals surface area (Å²) in [6.07, 6.45) is 1.64. The highest BCUT2D eigenvalue weighted by atomic mass is 32.1. The van der Waals surface area contributed by atoms with Crippen molar-refractivity contribution in [1.82, 2.24) is 5.43 Å². The minimum atomic E-state index is -0.312. The summed E-state index contributed by atoms with van der Waals surface area (Å²) in [4.78, 5) is 14.7. The largest absolute Gasteiger partial charge is 0.497 e. The van der Waals surface area contributed by atoms with E-state index in [-0.39, 0.29) is 5.91 Å². The monoisotopic (exact) mass is 371 g/mol. The number of nitrogens with one attached hydrogen (secondary N) is 1. The number of carbonyl (C=O) groups excluding carboxylic acids is 1. The van der Waals surface area contributed by atoms with Crippen LogP contribution >= 0.6 is 22.7 Å². The molecule has 0 aliphatic heterocycles. The topological polar surface area (TPSA) is 76.7 Å². The number of nitrogen functional groups attached to an aromatic ring is 1. The minimum absolute atomic E-state index is 0.312. The molecule has 0 saturated heterocycles. The van der Waals surface area contributed by atoms with Crippen LogP contribution in [0.1, 0.15) is 20.1 Å². The van der Waals surface area contributed by atoms with Crippen LogP contribution in [0, 0.1) is 6.92 Å². The van der Waals surface area contributed by atoms with Crippen LogP contribution in [0.15, 0.2) is 46.9 Å². The van der Waals surface area contributed by atoms with E-state index in [4.69, 9.17) is 10.5 Å². The van der Waals surface area contributed by atoms with E-state index in [2.05, 4.69) is 10.5 Å². The first-order chi connectivity index (χ1) is 12.1. The number of rotatable bonds is 5. The van der Waals surface area contributed by atoms with Crippen molar-refractivity contribution in [2.24, 2.45) is 5.10 Å². The van der Waals surface area contributed by atoms with E-state index < -0.39 is 0 Å². The molecule has 0 unspecified atom stereocenters. The fourth-order valence-electron chi connectivity index (χ4n) is 2.20. The summed E-state index contributed by atoms with van der Waals surface area (Å²) < 4.78 is 5.16. The van der Waals surface area contributed by atoms with Crippen LogP contribution in [0.4, 0.5) is 5.69 Å². The maximum Gasteiger partial charge on any atom is 0.283 e. The van der Waals surface area contributed by atoms with E-state index in [1.54, 1.807) is 30.7 Å². The van der Waals surface area contributed by atoms with Crippen LogP contribution in [0.2, 0.25) is 0 Å². The lowest BCUT2D eigenvalue weighted by Crippen LogP contribution is -2.17. The normalized spacial score (nSPS) is 11.0. The van der Waals surface area contributed by atoms with Gasteiger partial charge in [-0.3, -0.25) is 4.79 Å². The maximum absolute atomic E-state index is 12.3. The third kappa shape index (κ3) is 3.89. The molecule has 0 radical (unpaired) electrons. The van der Waals surface area contributed by atoms with Gasteiger partial charge in [-0.05, 0) is 59.8 Å². The van der Waals surface area contributed by atoms with Gasteiger partial charge in [0.2, 0.25) is 0 Å². The molecule has 7 heteroatoms. The standard InChI is InChI=1S/C18H17N3O2S2/c1-11-7-8-24-16(11)10-20-21-18(22)17-14(19)9-15(25-17)12-3-5-13(23-2)6-4-12/h3-10H,19H2,1-2H3,(H,21,22)/b20-10-. The Hall–Kier alpha value is -2.64. The molecule has 3 aromatic rings. The molecule has 1 amide bonds. The number of nitrogens with zero attached hydrogens (tertiary/aromatic N) is 1. The number of hydrazone groups is 1. The lowest BCUT2D eigenvalue weighted by atomic mass is 10.2. The van der Waals surface area contributed by atoms with Gasteiger partial charge in [0.15, 0.2) is 0 Å². The number of methoxy groups -OCH3 is 1. The van der Waals surface area contributed by atoms with Crippen LogP contribution in [0.25, 0.3) is 10.4 Å². The van der Waals surface area contributed by atoms with E-state index in [9.17, 15) is 4.79 Å². The molecule has 1 aromatic carbocycles. The van der Waals surface area contributed by atoms with Crippen molar-refractivity contribution in [2.45, 2.75) is 6.92 Å². The highest BCUT2D eigenvalue weighted by Gasteiger charge is 2.15. The Morgan fingerprint density at radius 2 is 2.04 bits per heavy atom. The fraction of sp³-hybridized carbons (Fsp3) is 0.111. The number of benzene rings is 1. The summed E-state index contributed by atoms with van der Waals surface area (Å²) in [5, 5.41) is 6.00. The number of nitrogens with two attached hydrogens (primary N) is 1. The van der Waals surface area contributed by atoms with Crippen molar-refractivity contribution >= 4 is 40.5 Å². The predicted octanol–water partition coefficient (Wildman–Crippen LogP) is 4.14. The molecule has 128 valence electrons. The lowest BCUT2D eigenvalue weighted by Gasteiger charge is -2.00. The number of amides is 1. The number of ether oxygens (including phenoxy) is 1. The summed E-state index contributed by atoms with van der Waals surface area (Å²) >= 11 is 2.91. The van der Waals surface area contributed by atoms with Gasteiger partial charge in [-0.25, -0.2) is 5.43 Å². The van der Waals surface area contributed by atoms with Crippen molar-refractivity contribution in [3.05, 3.63) is 57.1 Å². The van der Waals surface area contributed by atoms with Gasteiger partial charge in [0.25, 0.3) is 5.91 Å². The van der Waals surface area contributed by atoms with Crippen molar-refractivity contribution in [3.8, 4) is 16.2 Å². The van der Waals surface area contributed by atoms with Crippen LogP contribution in [-0.4, -0.2) is 19.2 Å². The molecule has 0 atom stereocenters. The smallest absolute Gasteiger partial charge is 0.283 e. The number of hydrogen-bond donors (Lipinski definition) is 2. The summed E-state index contributed by atoms with van der Waals surface area (Å²) in [7, 11) is 1.62. The van der Waals surface area contributed by atoms with E-state index in [0.717, 1.165) is 26.6 Å². The van der Waals surface area contributed by atoms with Crippen LogP contribution < -0.4 is 15.9 Å². The maximum atomic E-state index is 12.3. The van der Waals surface area contributed by atoms with E-state index >= 15 is 0 Å². The van der Waals surface area contributed by atoms with Gasteiger partial charge in [-0.15, -0.1) is 22.7 Å². The van der Waals surface area contributed by atoms with Crippen molar-refractivity contribution < 1.29 is 9.53 Å². The summed E-state index contributed by atoms with van der Waals surface area (Å²) in [5.74, 6) is 0.470. The van der Waals surface area contributed by atoms with Gasteiger partial charge < -0.3 is 10.5 Å². The second kappa shape index (κ2) is 7.50. The van der Waals surface area contributed by atoms with Crippen LogP contribution in [-0.2, 0) is 0 Å². The Morgan fingerprint density at radius 1 is 1.28 bits per heavy atom. The molecule has 0 saturated carbocycles. The third-order valence-electron chi connectivity index (χ3n) is 3.59. The number of carbonyl (C=O) groups is 1. The zero-order valence-corrected chi connectivity index (χ0v) is 15.4. The highest BCUT2D eigenvalue weighted by molar-refractivity contribution is 7.18. The summed E-state index contributed by atoms with van der Waals surface area (Å²) in [6, 6.07) is 11.4. The molecule has 0 bridgehead atoms. The van der Waals surface area contributed by atoms with Crippen molar-refractivity contribution in [2.75, 3.05) is 12.8 Å². The van der Waals surface area contributed by atoms with Crippen LogP contribution in [0.5, 0.6) is 5.75 Å². The lowest BCUT2D eigenvalue weighted by molar-refractivity contribution is 0.0960. The quantitative estimate of drug-likeness (QED) is 0.523. The van der Waals surface area contributed by atoms with Crippen molar-refractivity contribution in [1.29, 1.82) is 0 Å². The molecule has 0 fully saturated rings. The number of hydrogen-bond acceptors (Lipinski definition) is 6. The van der Waals surface area contributed by atoms with Gasteiger partial charge in [0, 0.05) is 9.75 Å². The second-order valence-corrected chi connectivity index (χ2v) is 7.29. The first-order valence-corrected chi connectivity index (χ1v) is 9.19. The second-order valence-electron chi connectivity index (χ2n) is 5.29. The first-order valence-electron chi connectivity index (χ1n) is 7.49. The summed E-state index contributed by atoms with van der Waals surface area (Å²) in [6.45, 7) is 2.00. The molecule has 2 heterocycles. The Balaban J connectivity index is 1.74. The predicted molar refractivity (Wildman–Crippen MR) is 105 cm³/mol. The van der Waals surface area contributed by atoms with Crippen LogP contribution in [0.3, 0.4) is 0 Å². The highest BCUT2D eigenvalue weighted by Crippen LogP contribution is 2.33.